The zero-order valence-electron chi connectivity index (χ0n) is 17.9. The van der Waals surface area contributed by atoms with Crippen LogP contribution in [-0.4, -0.2) is 55.2 Å². The summed E-state index contributed by atoms with van der Waals surface area (Å²) in [6.45, 7) is 11.7. The monoisotopic (exact) mass is 402 g/mol. The first-order valence-electron chi connectivity index (χ1n) is 9.78. The summed E-state index contributed by atoms with van der Waals surface area (Å²) >= 11 is 0. The van der Waals surface area contributed by atoms with Crippen LogP contribution in [0.4, 0.5) is 0 Å². The lowest BCUT2D eigenvalue weighted by Gasteiger charge is -2.32. The van der Waals surface area contributed by atoms with Crippen LogP contribution in [0.5, 0.6) is 0 Å². The molecule has 0 aliphatic heterocycles. The Balaban J connectivity index is 4.44. The first kappa shape index (κ1) is 26.3. The molecule has 0 saturated carbocycles. The van der Waals surface area contributed by atoms with Crippen LogP contribution in [0.3, 0.4) is 0 Å². The number of amides is 2. The van der Waals surface area contributed by atoms with Crippen LogP contribution in [0.15, 0.2) is 0 Å². The summed E-state index contributed by atoms with van der Waals surface area (Å²) < 4.78 is 5.95. The number of hydrogen-bond acceptors (Lipinski definition) is 6. The number of hydrogen-bond donors (Lipinski definition) is 5. The lowest BCUT2D eigenvalue weighted by Crippen LogP contribution is -2.43. The molecule has 0 spiro atoms. The number of hydrazine groups is 1. The van der Waals surface area contributed by atoms with Crippen molar-refractivity contribution >= 4 is 17.8 Å². The minimum atomic E-state index is -1.08. The molecule has 6 N–H and O–H groups in total. The van der Waals surface area contributed by atoms with Gasteiger partial charge in [0.25, 0.3) is 0 Å². The van der Waals surface area contributed by atoms with Gasteiger partial charge >= 0.3 is 5.97 Å². The van der Waals surface area contributed by atoms with Crippen molar-refractivity contribution in [2.75, 3.05) is 26.3 Å². The number of carboxylic acid groups (broad SMARTS) is 1. The highest BCUT2D eigenvalue weighted by Gasteiger charge is 2.27. The molecule has 28 heavy (non-hydrogen) atoms. The summed E-state index contributed by atoms with van der Waals surface area (Å²) in [4.78, 5) is 34.1. The van der Waals surface area contributed by atoms with Crippen molar-refractivity contribution in [3.63, 3.8) is 0 Å². The van der Waals surface area contributed by atoms with Gasteiger partial charge in [-0.3, -0.25) is 20.2 Å². The smallest absolute Gasteiger partial charge is 0.322 e. The van der Waals surface area contributed by atoms with Crippen LogP contribution in [0.25, 0.3) is 0 Å². The minimum absolute atomic E-state index is 0.0595. The summed E-state index contributed by atoms with van der Waals surface area (Å²) in [6.07, 6.45) is 1.87. The Labute approximate surface area is 168 Å². The Bertz CT molecular complexity index is 517. The van der Waals surface area contributed by atoms with Crippen LogP contribution in [0, 0.1) is 10.8 Å². The molecule has 0 aromatic carbocycles. The first-order chi connectivity index (χ1) is 13.0. The van der Waals surface area contributed by atoms with E-state index in [-0.39, 0.29) is 35.5 Å². The van der Waals surface area contributed by atoms with Gasteiger partial charge in [-0.05, 0) is 19.3 Å². The normalized spacial score (nSPS) is 16.5. The minimum Gasteiger partial charge on any atom is -0.480 e. The van der Waals surface area contributed by atoms with Crippen molar-refractivity contribution < 1.29 is 24.2 Å². The standard InChI is InChI=1S/C19H38N4O5/c1-6-18(4,10-21-14(3)24)12-28-13-19(5,7-2)11-22-16(25)9-8-15(23-20)17(26)27/h15,23H,6-13,20H2,1-5H3,(H,21,24)(H,22,25)(H,26,27). The predicted octanol–water partition coefficient (Wildman–Crippen LogP) is 0.785. The van der Waals surface area contributed by atoms with Crippen molar-refractivity contribution in [1.29, 1.82) is 0 Å². The highest BCUT2D eigenvalue weighted by molar-refractivity contribution is 5.78. The second-order valence-electron chi connectivity index (χ2n) is 8.10. The summed E-state index contributed by atoms with van der Waals surface area (Å²) in [5.41, 5.74) is 1.79. The molecule has 0 bridgehead atoms. The lowest BCUT2D eigenvalue weighted by molar-refractivity contribution is -0.139. The third-order valence-electron chi connectivity index (χ3n) is 5.24. The van der Waals surface area contributed by atoms with Crippen molar-refractivity contribution in [3.8, 4) is 0 Å². The van der Waals surface area contributed by atoms with Gasteiger partial charge in [-0.1, -0.05) is 27.7 Å². The molecule has 0 fully saturated rings. The molecule has 3 atom stereocenters. The number of rotatable bonds is 15. The molecule has 164 valence electrons. The fourth-order valence-electron chi connectivity index (χ4n) is 2.39. The number of carboxylic acids is 1. The topological polar surface area (TPSA) is 143 Å². The van der Waals surface area contributed by atoms with Gasteiger partial charge in [-0.2, -0.15) is 0 Å². The largest absolute Gasteiger partial charge is 0.480 e. The number of carbonyl (C=O) groups is 3. The average molecular weight is 403 g/mol. The molecule has 3 unspecified atom stereocenters. The second-order valence-corrected chi connectivity index (χ2v) is 8.10. The quantitative estimate of drug-likeness (QED) is 0.201. The summed E-state index contributed by atoms with van der Waals surface area (Å²) in [6, 6.07) is -0.943. The van der Waals surface area contributed by atoms with E-state index >= 15 is 0 Å². The van der Waals surface area contributed by atoms with E-state index in [1.165, 1.54) is 6.92 Å². The van der Waals surface area contributed by atoms with Crippen molar-refractivity contribution in [1.82, 2.24) is 16.1 Å². The number of ether oxygens (including phenoxy) is 1. The van der Waals surface area contributed by atoms with Crippen molar-refractivity contribution in [2.24, 2.45) is 16.7 Å². The molecule has 0 aromatic heterocycles. The molecule has 9 nitrogen and oxygen atoms in total. The molecule has 0 aromatic rings. The van der Waals surface area contributed by atoms with E-state index in [2.05, 4.69) is 29.9 Å². The molecule has 0 saturated heterocycles. The maximum Gasteiger partial charge on any atom is 0.322 e. The van der Waals surface area contributed by atoms with E-state index in [1.54, 1.807) is 0 Å². The van der Waals surface area contributed by atoms with Gasteiger partial charge in [-0.15, -0.1) is 0 Å². The van der Waals surface area contributed by atoms with Crippen LogP contribution < -0.4 is 21.9 Å². The Morgan fingerprint density at radius 1 is 1.04 bits per heavy atom. The zero-order chi connectivity index (χ0) is 21.8. The summed E-state index contributed by atoms with van der Waals surface area (Å²) in [7, 11) is 0. The number of nitrogens with one attached hydrogen (secondary N) is 3. The van der Waals surface area contributed by atoms with E-state index in [0.717, 1.165) is 12.8 Å². The zero-order valence-corrected chi connectivity index (χ0v) is 17.9. The summed E-state index contributed by atoms with van der Waals surface area (Å²) in [5, 5.41) is 14.6. The fraction of sp³-hybridized carbons (Fsp3) is 0.842. The second kappa shape index (κ2) is 12.7. The lowest BCUT2D eigenvalue weighted by atomic mass is 9.87. The Hall–Kier alpha value is -1.71. The molecule has 0 heterocycles. The van der Waals surface area contributed by atoms with Gasteiger partial charge in [0.2, 0.25) is 11.8 Å². The first-order valence-corrected chi connectivity index (χ1v) is 9.78. The average Bonchev–Trinajstić information content (AvgIpc) is 2.65. The summed E-state index contributed by atoms with van der Waals surface area (Å²) in [5.74, 6) is 3.80. The van der Waals surface area contributed by atoms with Gasteiger partial charge in [0.05, 0.1) is 13.2 Å². The molecule has 0 rings (SSSR count). The number of nitrogens with two attached hydrogens (primary N) is 1. The van der Waals surface area contributed by atoms with Gasteiger partial charge in [0, 0.05) is 37.3 Å². The fourth-order valence-corrected chi connectivity index (χ4v) is 2.39. The van der Waals surface area contributed by atoms with Crippen molar-refractivity contribution in [2.45, 2.75) is 66.3 Å². The molecule has 2 amide bonds. The van der Waals surface area contributed by atoms with Gasteiger partial charge in [0.15, 0.2) is 0 Å². The van der Waals surface area contributed by atoms with Gasteiger partial charge in [-0.25, -0.2) is 5.43 Å². The Morgan fingerprint density at radius 2 is 1.54 bits per heavy atom. The Kier molecular flexibility index (Phi) is 11.9. The molecular formula is C19H38N4O5. The van der Waals surface area contributed by atoms with E-state index in [9.17, 15) is 14.4 Å². The number of aliphatic carboxylic acids is 1. The van der Waals surface area contributed by atoms with E-state index in [1.807, 2.05) is 13.8 Å². The van der Waals surface area contributed by atoms with E-state index in [4.69, 9.17) is 15.7 Å². The maximum atomic E-state index is 12.0. The van der Waals surface area contributed by atoms with Crippen LogP contribution >= 0.6 is 0 Å². The molecule has 0 aliphatic carbocycles. The molecule has 0 aliphatic rings. The number of carbonyl (C=O) groups excluding carboxylic acids is 2. The third-order valence-corrected chi connectivity index (χ3v) is 5.24. The third kappa shape index (κ3) is 10.6. The maximum absolute atomic E-state index is 12.0. The molecule has 9 heteroatoms. The van der Waals surface area contributed by atoms with E-state index < -0.39 is 12.0 Å². The molecular weight excluding hydrogens is 364 g/mol. The Morgan fingerprint density at radius 3 is 1.93 bits per heavy atom. The highest BCUT2D eigenvalue weighted by Crippen LogP contribution is 2.25. The van der Waals surface area contributed by atoms with Crippen LogP contribution in [-0.2, 0) is 19.1 Å². The van der Waals surface area contributed by atoms with Crippen LogP contribution in [0.2, 0.25) is 0 Å². The van der Waals surface area contributed by atoms with Crippen LogP contribution in [0.1, 0.15) is 60.3 Å². The van der Waals surface area contributed by atoms with Crippen molar-refractivity contribution in [3.05, 3.63) is 0 Å². The van der Waals surface area contributed by atoms with E-state index in [0.29, 0.717) is 26.3 Å². The van der Waals surface area contributed by atoms with Gasteiger partial charge < -0.3 is 20.5 Å². The van der Waals surface area contributed by atoms with Gasteiger partial charge in [0.1, 0.15) is 6.04 Å². The SMILES string of the molecule is CCC(C)(CNC(C)=O)COCC(C)(CC)CNC(=O)CCC(NN)C(=O)O. The molecule has 0 radical (unpaired) electrons. The predicted molar refractivity (Wildman–Crippen MR) is 107 cm³/mol. The highest BCUT2D eigenvalue weighted by atomic mass is 16.5.